The summed E-state index contributed by atoms with van der Waals surface area (Å²) in [6, 6.07) is 1.19. The van der Waals surface area contributed by atoms with Crippen LogP contribution in [0, 0.1) is 10.1 Å². The number of halogens is 3. The van der Waals surface area contributed by atoms with Crippen molar-refractivity contribution in [2.75, 3.05) is 6.61 Å². The van der Waals surface area contributed by atoms with Gasteiger partial charge in [0.05, 0.1) is 11.5 Å². The molecule has 0 saturated carbocycles. The van der Waals surface area contributed by atoms with Crippen molar-refractivity contribution < 1.29 is 31.6 Å². The van der Waals surface area contributed by atoms with Crippen LogP contribution >= 0.6 is 10.7 Å². The van der Waals surface area contributed by atoms with Crippen molar-refractivity contribution in [1.29, 1.82) is 0 Å². The average Bonchev–Trinajstić information content (AvgIpc) is 2.26. The third kappa shape index (κ3) is 3.90. The number of hydrogen-bond donors (Lipinski definition) is 0. The van der Waals surface area contributed by atoms with Crippen molar-refractivity contribution >= 4 is 25.4 Å². The molecular weight excluding hydrogens is 324 g/mol. The van der Waals surface area contributed by atoms with E-state index >= 15 is 0 Å². The van der Waals surface area contributed by atoms with Crippen LogP contribution in [0.1, 0.15) is 6.92 Å². The molecule has 0 radical (unpaired) electrons. The quantitative estimate of drug-likeness (QED) is 0.451. The maximum absolute atomic E-state index is 12.2. The van der Waals surface area contributed by atoms with E-state index in [-0.39, 0.29) is 6.61 Å². The van der Waals surface area contributed by atoms with Crippen LogP contribution in [0.4, 0.5) is 14.5 Å². The highest BCUT2D eigenvalue weighted by Crippen LogP contribution is 2.39. The number of nitro groups is 1. The first-order valence-corrected chi connectivity index (χ1v) is 7.32. The Kier molecular flexibility index (Phi) is 5.06. The highest BCUT2D eigenvalue weighted by atomic mass is 35.7. The number of hydrogen-bond acceptors (Lipinski definition) is 6. The summed E-state index contributed by atoms with van der Waals surface area (Å²) in [6.07, 6.45) is 0. The zero-order chi connectivity index (χ0) is 15.5. The second kappa shape index (κ2) is 6.18. The maximum Gasteiger partial charge on any atom is 0.387 e. The molecule has 1 rings (SSSR count). The second-order valence-corrected chi connectivity index (χ2v) is 5.81. The van der Waals surface area contributed by atoms with E-state index in [1.807, 2.05) is 0 Å². The largest absolute Gasteiger partial charge is 0.487 e. The Morgan fingerprint density at radius 2 is 2.00 bits per heavy atom. The Balaban J connectivity index is 3.56. The highest BCUT2D eigenvalue weighted by Gasteiger charge is 2.27. The molecule has 0 aromatic heterocycles. The van der Waals surface area contributed by atoms with Crippen molar-refractivity contribution in [1.82, 2.24) is 0 Å². The smallest absolute Gasteiger partial charge is 0.387 e. The summed E-state index contributed by atoms with van der Waals surface area (Å²) in [5.41, 5.74) is -0.729. The minimum Gasteiger partial charge on any atom is -0.487 e. The molecule has 0 heterocycles. The van der Waals surface area contributed by atoms with Crippen LogP contribution in [0.2, 0.25) is 0 Å². The summed E-state index contributed by atoms with van der Waals surface area (Å²) < 4.78 is 55.9. The maximum atomic E-state index is 12.2. The van der Waals surface area contributed by atoms with Crippen LogP contribution in [0.25, 0.3) is 0 Å². The van der Waals surface area contributed by atoms with Crippen molar-refractivity contribution in [2.24, 2.45) is 0 Å². The summed E-state index contributed by atoms with van der Waals surface area (Å²) in [6.45, 7) is -1.83. The lowest BCUT2D eigenvalue weighted by atomic mass is 10.2. The summed E-state index contributed by atoms with van der Waals surface area (Å²) in [5.74, 6) is -1.23. The molecule has 11 heteroatoms. The minimum atomic E-state index is -4.51. The lowest BCUT2D eigenvalue weighted by Gasteiger charge is -2.11. The number of alkyl halides is 2. The highest BCUT2D eigenvalue weighted by molar-refractivity contribution is 8.13. The minimum absolute atomic E-state index is 0.00191. The van der Waals surface area contributed by atoms with Gasteiger partial charge in [0.1, 0.15) is 10.6 Å². The van der Waals surface area contributed by atoms with Gasteiger partial charge in [0.15, 0.2) is 0 Å². The predicted octanol–water partition coefficient (Wildman–Crippen LogP) is 2.52. The van der Waals surface area contributed by atoms with E-state index in [1.54, 1.807) is 0 Å². The van der Waals surface area contributed by atoms with Crippen LogP contribution in [0.5, 0.6) is 11.5 Å². The van der Waals surface area contributed by atoms with Crippen molar-refractivity contribution in [3.63, 3.8) is 0 Å². The number of nitro benzene ring substituents is 1. The molecule has 112 valence electrons. The molecule has 0 saturated heterocycles. The van der Waals surface area contributed by atoms with Crippen LogP contribution in [0.15, 0.2) is 17.0 Å². The molecule has 0 aliphatic rings. The third-order valence-corrected chi connectivity index (χ3v) is 3.34. The van der Waals surface area contributed by atoms with Gasteiger partial charge in [-0.05, 0) is 6.92 Å². The molecule has 0 aliphatic heterocycles. The van der Waals surface area contributed by atoms with Crippen LogP contribution in [0.3, 0.4) is 0 Å². The standard InChI is InChI=1S/C9H8ClF2NO6S/c1-2-18-6-4-7(19-9(11)12)8(20(10,16)17)3-5(6)13(14)15/h3-4,9H,2H2,1H3. The molecule has 1 aromatic rings. The zero-order valence-electron chi connectivity index (χ0n) is 9.88. The van der Waals surface area contributed by atoms with Crippen LogP contribution in [-0.4, -0.2) is 26.6 Å². The van der Waals surface area contributed by atoms with E-state index in [0.717, 1.165) is 0 Å². The molecule has 0 N–H and O–H groups in total. The Hall–Kier alpha value is -1.68. The molecular formula is C9H8ClF2NO6S. The van der Waals surface area contributed by atoms with E-state index in [4.69, 9.17) is 15.4 Å². The van der Waals surface area contributed by atoms with E-state index < -0.39 is 42.7 Å². The predicted molar refractivity (Wildman–Crippen MR) is 63.9 cm³/mol. The summed E-state index contributed by atoms with van der Waals surface area (Å²) in [4.78, 5) is 8.94. The number of rotatable bonds is 6. The molecule has 0 amide bonds. The summed E-state index contributed by atoms with van der Waals surface area (Å²) in [7, 11) is 0.524. The molecule has 20 heavy (non-hydrogen) atoms. The number of nitrogens with zero attached hydrogens (tertiary/aromatic N) is 1. The Labute approximate surface area is 116 Å². The molecule has 0 aliphatic carbocycles. The monoisotopic (exact) mass is 331 g/mol. The first kappa shape index (κ1) is 16.4. The van der Waals surface area contributed by atoms with Gasteiger partial charge in [0.2, 0.25) is 5.75 Å². The molecule has 7 nitrogen and oxygen atoms in total. The Bertz CT molecular complexity index is 621. The van der Waals surface area contributed by atoms with Gasteiger partial charge in [-0.25, -0.2) is 8.42 Å². The second-order valence-electron chi connectivity index (χ2n) is 3.27. The van der Waals surface area contributed by atoms with Crippen molar-refractivity contribution in [3.05, 3.63) is 22.2 Å². The SMILES string of the molecule is CCOc1cc(OC(F)F)c(S(=O)(=O)Cl)cc1[N+](=O)[O-]. The fourth-order valence-corrected chi connectivity index (χ4v) is 2.28. The number of benzene rings is 1. The topological polar surface area (TPSA) is 95.7 Å². The molecule has 0 atom stereocenters. The first-order chi connectivity index (χ1) is 9.16. The van der Waals surface area contributed by atoms with Gasteiger partial charge in [0, 0.05) is 22.8 Å². The average molecular weight is 332 g/mol. The van der Waals surface area contributed by atoms with Crippen LogP contribution < -0.4 is 9.47 Å². The van der Waals surface area contributed by atoms with E-state index in [9.17, 15) is 27.3 Å². The van der Waals surface area contributed by atoms with Gasteiger partial charge in [-0.1, -0.05) is 0 Å². The van der Waals surface area contributed by atoms with Crippen molar-refractivity contribution in [2.45, 2.75) is 18.4 Å². The van der Waals surface area contributed by atoms with Gasteiger partial charge in [-0.15, -0.1) is 0 Å². The fourth-order valence-electron chi connectivity index (χ4n) is 1.32. The van der Waals surface area contributed by atoms with E-state index in [2.05, 4.69) is 4.74 Å². The molecule has 0 spiro atoms. The zero-order valence-corrected chi connectivity index (χ0v) is 11.5. The first-order valence-electron chi connectivity index (χ1n) is 5.01. The van der Waals surface area contributed by atoms with Gasteiger partial charge < -0.3 is 9.47 Å². The molecule has 0 fully saturated rings. The van der Waals surface area contributed by atoms with Crippen LogP contribution in [-0.2, 0) is 9.05 Å². The third-order valence-electron chi connectivity index (χ3n) is 2.00. The van der Waals surface area contributed by atoms with E-state index in [1.165, 1.54) is 6.92 Å². The summed E-state index contributed by atoms with van der Waals surface area (Å²) >= 11 is 0. The van der Waals surface area contributed by atoms with E-state index in [0.29, 0.717) is 12.1 Å². The van der Waals surface area contributed by atoms with Crippen molar-refractivity contribution in [3.8, 4) is 11.5 Å². The van der Waals surface area contributed by atoms with Gasteiger partial charge in [-0.3, -0.25) is 10.1 Å². The molecule has 0 unspecified atom stereocenters. The lowest BCUT2D eigenvalue weighted by molar-refractivity contribution is -0.386. The Morgan fingerprint density at radius 1 is 1.40 bits per heavy atom. The molecule has 1 aromatic carbocycles. The Morgan fingerprint density at radius 3 is 2.40 bits per heavy atom. The normalized spacial score (nSPS) is 11.4. The molecule has 0 bridgehead atoms. The number of ether oxygens (including phenoxy) is 2. The van der Waals surface area contributed by atoms with Gasteiger partial charge in [0.25, 0.3) is 9.05 Å². The fraction of sp³-hybridized carbons (Fsp3) is 0.333. The van der Waals surface area contributed by atoms with Gasteiger partial charge >= 0.3 is 12.3 Å². The van der Waals surface area contributed by atoms with Gasteiger partial charge in [-0.2, -0.15) is 8.78 Å². The lowest BCUT2D eigenvalue weighted by Crippen LogP contribution is -2.08. The summed E-state index contributed by atoms with van der Waals surface area (Å²) in [5, 5.41) is 10.8.